The first kappa shape index (κ1) is 16.7. The summed E-state index contributed by atoms with van der Waals surface area (Å²) >= 11 is 1.48. The summed E-state index contributed by atoms with van der Waals surface area (Å²) in [4.78, 5) is 13.0. The summed E-state index contributed by atoms with van der Waals surface area (Å²) in [6, 6.07) is 9.73. The molecule has 2 aromatic rings. The highest BCUT2D eigenvalue weighted by Gasteiger charge is 2.16. The fourth-order valence-electron chi connectivity index (χ4n) is 1.81. The molecule has 5 nitrogen and oxygen atoms in total. The van der Waals surface area contributed by atoms with E-state index in [1.807, 2.05) is 31.4 Å². The Hall–Kier alpha value is -1.70. The summed E-state index contributed by atoms with van der Waals surface area (Å²) in [5.41, 5.74) is 0.327. The maximum absolute atomic E-state index is 12.3. The summed E-state index contributed by atoms with van der Waals surface area (Å²) in [5, 5.41) is 4.63. The van der Waals surface area contributed by atoms with Gasteiger partial charge in [-0.25, -0.2) is 13.1 Å². The molecule has 0 saturated carbocycles. The second-order valence-corrected chi connectivity index (χ2v) is 7.86. The highest BCUT2D eigenvalue weighted by Crippen LogP contribution is 2.14. The zero-order valence-corrected chi connectivity index (χ0v) is 14.0. The monoisotopic (exact) mass is 338 g/mol. The van der Waals surface area contributed by atoms with Crippen LogP contribution < -0.4 is 10.0 Å². The van der Waals surface area contributed by atoms with Crippen molar-refractivity contribution in [2.24, 2.45) is 0 Å². The summed E-state index contributed by atoms with van der Waals surface area (Å²) in [7, 11) is -3.64. The molecule has 0 fully saturated rings. The minimum absolute atomic E-state index is 0.00952. The van der Waals surface area contributed by atoms with E-state index >= 15 is 0 Å². The van der Waals surface area contributed by atoms with E-state index in [1.165, 1.54) is 23.5 Å². The fraction of sp³-hybridized carbons (Fsp3) is 0.267. The average molecular weight is 338 g/mol. The van der Waals surface area contributed by atoms with Gasteiger partial charge in [0.2, 0.25) is 10.0 Å². The number of rotatable bonds is 6. The first-order chi connectivity index (χ1) is 10.4. The van der Waals surface area contributed by atoms with E-state index in [0.29, 0.717) is 5.56 Å². The van der Waals surface area contributed by atoms with E-state index < -0.39 is 10.0 Å². The van der Waals surface area contributed by atoms with Gasteiger partial charge in [-0.3, -0.25) is 4.79 Å². The predicted molar refractivity (Wildman–Crippen MR) is 87.4 cm³/mol. The van der Waals surface area contributed by atoms with Gasteiger partial charge < -0.3 is 5.32 Å². The van der Waals surface area contributed by atoms with Crippen molar-refractivity contribution in [1.29, 1.82) is 0 Å². The number of benzene rings is 1. The van der Waals surface area contributed by atoms with Crippen LogP contribution in [0.4, 0.5) is 0 Å². The van der Waals surface area contributed by atoms with Crippen molar-refractivity contribution in [2.75, 3.05) is 0 Å². The number of hydrogen-bond donors (Lipinski definition) is 2. The topological polar surface area (TPSA) is 75.3 Å². The van der Waals surface area contributed by atoms with E-state index in [2.05, 4.69) is 10.0 Å². The number of nitrogens with one attached hydrogen (secondary N) is 2. The van der Waals surface area contributed by atoms with E-state index in [-0.39, 0.29) is 23.4 Å². The van der Waals surface area contributed by atoms with Crippen LogP contribution in [0.3, 0.4) is 0 Å². The highest BCUT2D eigenvalue weighted by atomic mass is 32.2. The van der Waals surface area contributed by atoms with E-state index in [9.17, 15) is 13.2 Å². The zero-order chi connectivity index (χ0) is 16.2. The quantitative estimate of drug-likeness (QED) is 0.849. The number of amides is 1. The second kappa shape index (κ2) is 7.04. The Morgan fingerprint density at radius 2 is 2.00 bits per heavy atom. The van der Waals surface area contributed by atoms with Crippen molar-refractivity contribution >= 4 is 27.3 Å². The van der Waals surface area contributed by atoms with Crippen molar-refractivity contribution in [1.82, 2.24) is 10.0 Å². The molecular weight excluding hydrogens is 320 g/mol. The Balaban J connectivity index is 2.15. The first-order valence-electron chi connectivity index (χ1n) is 6.81. The number of sulfonamides is 1. The number of carbonyl (C=O) groups excluding carboxylic acids is 1. The predicted octanol–water partition coefficient (Wildman–Crippen LogP) is 2.36. The third-order valence-electron chi connectivity index (χ3n) is 2.84. The molecule has 118 valence electrons. The largest absolute Gasteiger partial charge is 0.350 e. The van der Waals surface area contributed by atoms with Crippen LogP contribution in [0, 0.1) is 0 Å². The Bertz CT molecular complexity index is 738. The van der Waals surface area contributed by atoms with Crippen molar-refractivity contribution in [3.63, 3.8) is 0 Å². The Morgan fingerprint density at radius 1 is 1.23 bits per heavy atom. The molecule has 1 heterocycles. The van der Waals surface area contributed by atoms with Gasteiger partial charge in [-0.2, -0.15) is 0 Å². The lowest BCUT2D eigenvalue weighted by Gasteiger charge is -2.10. The highest BCUT2D eigenvalue weighted by molar-refractivity contribution is 7.89. The standard InChI is InChI=1S/C15H18N2O3S2/c1-11(2)17-15(18)12-5-3-7-14(9-12)22(19,20)16-10-13-6-4-8-21-13/h3-9,11,16H,10H2,1-2H3,(H,17,18). The molecule has 7 heteroatoms. The Labute approximate surface area is 134 Å². The average Bonchev–Trinajstić information content (AvgIpc) is 2.98. The minimum Gasteiger partial charge on any atom is -0.350 e. The molecule has 0 aliphatic rings. The van der Waals surface area contributed by atoms with E-state index in [4.69, 9.17) is 0 Å². The van der Waals surface area contributed by atoms with Gasteiger partial charge in [-0.1, -0.05) is 12.1 Å². The molecule has 1 aromatic carbocycles. The van der Waals surface area contributed by atoms with Crippen LogP contribution >= 0.6 is 11.3 Å². The molecule has 0 atom stereocenters. The van der Waals surface area contributed by atoms with Crippen molar-refractivity contribution in [3.05, 3.63) is 52.2 Å². The van der Waals surface area contributed by atoms with E-state index in [1.54, 1.807) is 12.1 Å². The van der Waals surface area contributed by atoms with Crippen LogP contribution in [-0.4, -0.2) is 20.4 Å². The summed E-state index contributed by atoms with van der Waals surface area (Å²) < 4.78 is 27.1. The summed E-state index contributed by atoms with van der Waals surface area (Å²) in [6.45, 7) is 3.94. The molecule has 22 heavy (non-hydrogen) atoms. The summed E-state index contributed by atoms with van der Waals surface area (Å²) in [5.74, 6) is -0.287. The van der Waals surface area contributed by atoms with Crippen molar-refractivity contribution < 1.29 is 13.2 Å². The SMILES string of the molecule is CC(C)NC(=O)c1cccc(S(=O)(=O)NCc2cccs2)c1. The lowest BCUT2D eigenvalue weighted by molar-refractivity contribution is 0.0943. The van der Waals surface area contributed by atoms with Crippen LogP contribution in [0.25, 0.3) is 0 Å². The van der Waals surface area contributed by atoms with Crippen LogP contribution in [0.1, 0.15) is 29.1 Å². The smallest absolute Gasteiger partial charge is 0.251 e. The second-order valence-electron chi connectivity index (χ2n) is 5.06. The van der Waals surface area contributed by atoms with Crippen LogP contribution in [-0.2, 0) is 16.6 Å². The third-order valence-corrected chi connectivity index (χ3v) is 5.12. The molecule has 1 aromatic heterocycles. The lowest BCUT2D eigenvalue weighted by Crippen LogP contribution is -2.30. The molecule has 0 aliphatic carbocycles. The first-order valence-corrected chi connectivity index (χ1v) is 9.18. The summed E-state index contributed by atoms with van der Waals surface area (Å²) in [6.07, 6.45) is 0. The molecule has 0 spiro atoms. The van der Waals surface area contributed by atoms with Crippen molar-refractivity contribution in [3.8, 4) is 0 Å². The van der Waals surface area contributed by atoms with Gasteiger partial charge in [0.25, 0.3) is 5.91 Å². The van der Waals surface area contributed by atoms with Gasteiger partial charge in [0.05, 0.1) is 4.90 Å². The van der Waals surface area contributed by atoms with Gasteiger partial charge in [-0.15, -0.1) is 11.3 Å². The molecule has 0 radical (unpaired) electrons. The molecule has 2 rings (SSSR count). The van der Waals surface area contributed by atoms with Crippen LogP contribution in [0.5, 0.6) is 0 Å². The van der Waals surface area contributed by atoms with Gasteiger partial charge in [0.15, 0.2) is 0 Å². The lowest BCUT2D eigenvalue weighted by atomic mass is 10.2. The Morgan fingerprint density at radius 3 is 2.64 bits per heavy atom. The van der Waals surface area contributed by atoms with Crippen LogP contribution in [0.2, 0.25) is 0 Å². The maximum atomic E-state index is 12.3. The fourth-order valence-corrected chi connectivity index (χ4v) is 3.60. The van der Waals surface area contributed by atoms with Crippen LogP contribution in [0.15, 0.2) is 46.7 Å². The molecule has 1 amide bonds. The normalized spacial score (nSPS) is 11.6. The number of carbonyl (C=O) groups is 1. The third kappa shape index (κ3) is 4.40. The van der Waals surface area contributed by atoms with E-state index in [0.717, 1.165) is 4.88 Å². The molecule has 0 aliphatic heterocycles. The van der Waals surface area contributed by atoms with Gasteiger partial charge in [-0.05, 0) is 43.5 Å². The maximum Gasteiger partial charge on any atom is 0.251 e. The number of thiophene rings is 1. The van der Waals surface area contributed by atoms with Gasteiger partial charge in [0.1, 0.15) is 0 Å². The molecular formula is C15H18N2O3S2. The molecule has 0 saturated heterocycles. The zero-order valence-electron chi connectivity index (χ0n) is 12.4. The van der Waals surface area contributed by atoms with Crippen molar-refractivity contribution in [2.45, 2.75) is 31.3 Å². The molecule has 0 unspecified atom stereocenters. The van der Waals surface area contributed by atoms with Gasteiger partial charge in [0, 0.05) is 23.0 Å². The Kier molecular flexibility index (Phi) is 5.33. The molecule has 0 bridgehead atoms. The molecule has 2 N–H and O–H groups in total. The number of hydrogen-bond acceptors (Lipinski definition) is 4. The van der Waals surface area contributed by atoms with Gasteiger partial charge >= 0.3 is 0 Å². The minimum atomic E-state index is -3.64.